The Bertz CT molecular complexity index is 1500. The van der Waals surface area contributed by atoms with Crippen LogP contribution in [-0.4, -0.2) is 58.2 Å². The minimum absolute atomic E-state index is 0.0855. The van der Waals surface area contributed by atoms with Gasteiger partial charge in [-0.25, -0.2) is 4.98 Å². The average molecular weight is 567 g/mol. The van der Waals surface area contributed by atoms with Crippen LogP contribution in [0, 0.1) is 11.8 Å². The molecule has 1 aliphatic carbocycles. The molecule has 0 spiro atoms. The lowest BCUT2D eigenvalue weighted by atomic mass is 9.76. The number of pyridine rings is 2. The zero-order valence-corrected chi connectivity index (χ0v) is 22.7. The molecule has 0 radical (unpaired) electrons. The van der Waals surface area contributed by atoms with Crippen LogP contribution in [0.4, 0.5) is 13.2 Å². The summed E-state index contributed by atoms with van der Waals surface area (Å²) in [7, 11) is 0. The second kappa shape index (κ2) is 11.7. The van der Waals surface area contributed by atoms with Gasteiger partial charge in [0, 0.05) is 41.5 Å². The topological polar surface area (TPSA) is 80.3 Å². The van der Waals surface area contributed by atoms with E-state index in [-0.39, 0.29) is 17.6 Å². The van der Waals surface area contributed by atoms with E-state index in [9.17, 15) is 18.0 Å². The van der Waals surface area contributed by atoms with Crippen molar-refractivity contribution in [1.29, 1.82) is 0 Å². The van der Waals surface area contributed by atoms with Gasteiger partial charge >= 0.3 is 6.36 Å². The molecule has 2 aliphatic rings. The molecule has 1 saturated heterocycles. The Morgan fingerprint density at radius 2 is 1.78 bits per heavy atom. The zero-order chi connectivity index (χ0) is 28.4. The van der Waals surface area contributed by atoms with Crippen LogP contribution in [0.5, 0.6) is 11.5 Å². The molecule has 4 heterocycles. The van der Waals surface area contributed by atoms with Crippen molar-refractivity contribution in [3.8, 4) is 11.5 Å². The van der Waals surface area contributed by atoms with Gasteiger partial charge in [-0.2, -0.15) is 0 Å². The highest BCUT2D eigenvalue weighted by Crippen LogP contribution is 2.40. The maximum atomic E-state index is 13.3. The first-order valence-corrected chi connectivity index (χ1v) is 14.3. The average Bonchev–Trinajstić information content (AvgIpc) is 3.45. The Hall–Kier alpha value is -3.66. The third kappa shape index (κ3) is 6.48. The Morgan fingerprint density at radius 1 is 1.00 bits per heavy atom. The van der Waals surface area contributed by atoms with Gasteiger partial charge in [-0.05, 0) is 92.9 Å². The van der Waals surface area contributed by atoms with Gasteiger partial charge in [0.1, 0.15) is 22.9 Å². The number of aromatic nitrogens is 3. The number of H-pyrrole nitrogens is 1. The van der Waals surface area contributed by atoms with Crippen LogP contribution in [0.2, 0.25) is 0 Å². The molecule has 0 amide bonds. The minimum atomic E-state index is -4.72. The molecule has 1 aliphatic heterocycles. The van der Waals surface area contributed by atoms with E-state index in [4.69, 9.17) is 4.74 Å². The number of aromatic amines is 1. The molecule has 1 unspecified atom stereocenters. The number of likely N-dealkylation sites (tertiary alicyclic amines) is 1. The van der Waals surface area contributed by atoms with Crippen LogP contribution in [-0.2, 0) is 4.79 Å². The molecule has 1 atom stereocenters. The van der Waals surface area contributed by atoms with E-state index in [1.165, 1.54) is 35.2 Å². The van der Waals surface area contributed by atoms with Gasteiger partial charge in [-0.15, -0.1) is 13.2 Å². The summed E-state index contributed by atoms with van der Waals surface area (Å²) in [5.41, 5.74) is 3.08. The SMILES string of the molecule is O=C(CN1CCCC(COc2ccc(OC(F)(F)F)cc2)C1)C1CCC(c2ccnc3cnc4[nH]ccc4c23)CC1. The Morgan fingerprint density at radius 3 is 2.56 bits per heavy atom. The van der Waals surface area contributed by atoms with Crippen molar-refractivity contribution >= 4 is 27.7 Å². The molecule has 6 rings (SSSR count). The van der Waals surface area contributed by atoms with Crippen LogP contribution in [0.25, 0.3) is 21.9 Å². The highest BCUT2D eigenvalue weighted by atomic mass is 19.4. The molecule has 1 aromatic carbocycles. The van der Waals surface area contributed by atoms with Gasteiger partial charge in [0.2, 0.25) is 0 Å². The lowest BCUT2D eigenvalue weighted by Gasteiger charge is -2.34. The lowest BCUT2D eigenvalue weighted by molar-refractivity contribution is -0.274. The predicted octanol–water partition coefficient (Wildman–Crippen LogP) is 6.64. The molecule has 41 heavy (non-hydrogen) atoms. The van der Waals surface area contributed by atoms with Gasteiger partial charge in [0.05, 0.1) is 24.9 Å². The first kappa shape index (κ1) is 27.5. The second-order valence-electron chi connectivity index (χ2n) is 11.2. The van der Waals surface area contributed by atoms with Crippen molar-refractivity contribution in [1.82, 2.24) is 19.9 Å². The molecule has 4 aromatic rings. The number of ketones is 1. The number of benzene rings is 1. The van der Waals surface area contributed by atoms with Crippen molar-refractivity contribution in [2.24, 2.45) is 11.8 Å². The molecular formula is C31H33F3N4O3. The molecule has 10 heteroatoms. The van der Waals surface area contributed by atoms with Gasteiger partial charge in [-0.1, -0.05) is 0 Å². The van der Waals surface area contributed by atoms with E-state index in [2.05, 4.69) is 36.7 Å². The largest absolute Gasteiger partial charge is 0.573 e. The molecule has 216 valence electrons. The quantitative estimate of drug-likeness (QED) is 0.258. The summed E-state index contributed by atoms with van der Waals surface area (Å²) >= 11 is 0. The minimum Gasteiger partial charge on any atom is -0.493 e. The molecule has 1 saturated carbocycles. The first-order chi connectivity index (χ1) is 19.8. The van der Waals surface area contributed by atoms with Crippen molar-refractivity contribution in [2.45, 2.75) is 50.8 Å². The number of alkyl halides is 3. The van der Waals surface area contributed by atoms with Crippen LogP contribution in [0.15, 0.2) is 55.0 Å². The number of ether oxygens (including phenoxy) is 2. The maximum absolute atomic E-state index is 13.3. The van der Waals surface area contributed by atoms with Crippen LogP contribution in [0.1, 0.15) is 50.0 Å². The molecule has 0 bridgehead atoms. The number of nitrogens with zero attached hydrogens (tertiary/aromatic N) is 3. The number of Topliss-reactive ketones (excluding diaryl/α,β-unsaturated/α-hetero) is 1. The standard InChI is InChI=1S/C31H33F3N4O3/c32-31(33,34)41-24-9-7-23(8-10-24)40-19-20-2-1-15-38(17-20)18-28(39)22-5-3-21(4-6-22)25-11-13-35-27-16-37-30-26(29(25)27)12-14-36-30/h7-14,16,20-22H,1-6,15,17-19H2,(H,36,37). The Balaban J connectivity index is 0.996. The third-order valence-corrected chi connectivity index (χ3v) is 8.47. The summed E-state index contributed by atoms with van der Waals surface area (Å²) in [5, 5.41) is 2.26. The number of carbonyl (C=O) groups excluding carboxylic acids is 1. The molecule has 2 fully saturated rings. The Labute approximate surface area is 236 Å². The van der Waals surface area contributed by atoms with E-state index in [0.29, 0.717) is 30.6 Å². The van der Waals surface area contributed by atoms with Crippen LogP contribution >= 0.6 is 0 Å². The van der Waals surface area contributed by atoms with E-state index in [1.807, 2.05) is 18.6 Å². The first-order valence-electron chi connectivity index (χ1n) is 14.3. The number of halogens is 3. The Kier molecular flexibility index (Phi) is 7.84. The predicted molar refractivity (Wildman–Crippen MR) is 149 cm³/mol. The van der Waals surface area contributed by atoms with E-state index < -0.39 is 6.36 Å². The third-order valence-electron chi connectivity index (χ3n) is 8.47. The monoisotopic (exact) mass is 566 g/mol. The molecular weight excluding hydrogens is 533 g/mol. The fourth-order valence-electron chi connectivity index (χ4n) is 6.48. The second-order valence-corrected chi connectivity index (χ2v) is 11.2. The van der Waals surface area contributed by atoms with E-state index in [1.54, 1.807) is 0 Å². The van der Waals surface area contributed by atoms with Crippen LogP contribution in [0.3, 0.4) is 0 Å². The fourth-order valence-corrected chi connectivity index (χ4v) is 6.48. The van der Waals surface area contributed by atoms with Gasteiger partial charge < -0.3 is 14.5 Å². The zero-order valence-electron chi connectivity index (χ0n) is 22.7. The van der Waals surface area contributed by atoms with Crippen molar-refractivity contribution < 1.29 is 27.4 Å². The lowest BCUT2D eigenvalue weighted by Crippen LogP contribution is -2.42. The molecule has 7 nitrogen and oxygen atoms in total. The number of nitrogens with one attached hydrogen (secondary N) is 1. The molecule has 3 aromatic heterocycles. The summed E-state index contributed by atoms with van der Waals surface area (Å²) in [6.07, 6.45) is 6.61. The van der Waals surface area contributed by atoms with Gasteiger partial charge in [0.25, 0.3) is 0 Å². The fraction of sp³-hybridized carbons (Fsp3) is 0.452. The number of hydrogen-bond donors (Lipinski definition) is 1. The van der Waals surface area contributed by atoms with Crippen molar-refractivity contribution in [2.75, 3.05) is 26.2 Å². The highest BCUT2D eigenvalue weighted by Gasteiger charge is 2.32. The number of rotatable bonds is 8. The summed E-state index contributed by atoms with van der Waals surface area (Å²) in [5.74, 6) is 1.30. The molecule has 1 N–H and O–H groups in total. The smallest absolute Gasteiger partial charge is 0.493 e. The summed E-state index contributed by atoms with van der Waals surface area (Å²) in [6, 6.07) is 9.65. The normalized spacial score (nSPS) is 22.2. The summed E-state index contributed by atoms with van der Waals surface area (Å²) in [4.78, 5) is 27.7. The number of piperidine rings is 1. The van der Waals surface area contributed by atoms with Crippen molar-refractivity contribution in [3.05, 3.63) is 60.6 Å². The summed E-state index contributed by atoms with van der Waals surface area (Å²) in [6.45, 7) is 2.59. The van der Waals surface area contributed by atoms with Gasteiger partial charge in [0.15, 0.2) is 0 Å². The van der Waals surface area contributed by atoms with E-state index in [0.717, 1.165) is 68.2 Å². The van der Waals surface area contributed by atoms with E-state index >= 15 is 0 Å². The van der Waals surface area contributed by atoms with Crippen LogP contribution < -0.4 is 9.47 Å². The number of hydrogen-bond acceptors (Lipinski definition) is 6. The summed E-state index contributed by atoms with van der Waals surface area (Å²) < 4.78 is 46.9. The maximum Gasteiger partial charge on any atom is 0.573 e. The van der Waals surface area contributed by atoms with Crippen molar-refractivity contribution in [3.63, 3.8) is 0 Å². The number of fused-ring (bicyclic) bond motifs is 3. The number of carbonyl (C=O) groups is 1. The van der Waals surface area contributed by atoms with Gasteiger partial charge in [-0.3, -0.25) is 14.7 Å². The highest BCUT2D eigenvalue weighted by molar-refractivity contribution is 6.05.